The molecule has 0 fully saturated rings. The maximum Gasteiger partial charge on any atom is 0.216 e. The summed E-state index contributed by atoms with van der Waals surface area (Å²) in [6, 6.07) is 6.88. The van der Waals surface area contributed by atoms with E-state index in [0.717, 1.165) is 6.42 Å². The Morgan fingerprint density at radius 1 is 1.44 bits per heavy atom. The summed E-state index contributed by atoms with van der Waals surface area (Å²) in [5.41, 5.74) is 6.87. The highest BCUT2D eigenvalue weighted by molar-refractivity contribution is 7.88. The Morgan fingerprint density at radius 2 is 2.12 bits per heavy atom. The molecule has 3 N–H and O–H groups in total. The van der Waals surface area contributed by atoms with Crippen LogP contribution < -0.4 is 10.5 Å². The number of hydrogen-bond donors (Lipinski definition) is 2. The first-order valence-electron chi connectivity index (χ1n) is 5.27. The first-order valence-corrected chi connectivity index (χ1v) is 6.92. The maximum atomic E-state index is 11.7. The normalized spacial score (nSPS) is 13.6. The van der Waals surface area contributed by atoms with E-state index in [4.69, 9.17) is 5.73 Å². The van der Waals surface area contributed by atoms with E-state index in [-0.39, 0.29) is 11.8 Å². The molecule has 0 aromatic heterocycles. The Morgan fingerprint density at radius 3 is 2.69 bits per heavy atom. The Labute approximate surface area is 96.9 Å². The van der Waals surface area contributed by atoms with Gasteiger partial charge in [-0.1, -0.05) is 19.1 Å². The van der Waals surface area contributed by atoms with Gasteiger partial charge in [0.25, 0.3) is 0 Å². The smallest absolute Gasteiger partial charge is 0.216 e. The molecule has 5 heteroatoms. The van der Waals surface area contributed by atoms with Crippen molar-refractivity contribution in [1.82, 2.24) is 4.72 Å². The lowest BCUT2D eigenvalue weighted by atomic mass is 10.2. The SMILES string of the molecule is CC[C@H](C)NS(=O)(=O)Cc1cccc(N)c1. The van der Waals surface area contributed by atoms with Gasteiger partial charge in [0.15, 0.2) is 0 Å². The average Bonchev–Trinajstić information content (AvgIpc) is 2.15. The molecular formula is C11H18N2O2S. The fraction of sp³-hybridized carbons (Fsp3) is 0.455. The molecule has 0 radical (unpaired) electrons. The Hall–Kier alpha value is -1.07. The number of nitrogen functional groups attached to an aromatic ring is 1. The summed E-state index contributed by atoms with van der Waals surface area (Å²) in [6.07, 6.45) is 0.774. The molecule has 90 valence electrons. The van der Waals surface area contributed by atoms with Crippen molar-refractivity contribution in [3.63, 3.8) is 0 Å². The van der Waals surface area contributed by atoms with Gasteiger partial charge in [-0.25, -0.2) is 13.1 Å². The van der Waals surface area contributed by atoms with E-state index >= 15 is 0 Å². The highest BCUT2D eigenvalue weighted by atomic mass is 32.2. The highest BCUT2D eigenvalue weighted by Crippen LogP contribution is 2.10. The zero-order valence-electron chi connectivity index (χ0n) is 9.60. The van der Waals surface area contributed by atoms with Crippen molar-refractivity contribution in [3.8, 4) is 0 Å². The van der Waals surface area contributed by atoms with Crippen molar-refractivity contribution in [1.29, 1.82) is 0 Å². The summed E-state index contributed by atoms with van der Waals surface area (Å²) in [6.45, 7) is 3.78. The van der Waals surface area contributed by atoms with E-state index in [1.165, 1.54) is 0 Å². The zero-order valence-corrected chi connectivity index (χ0v) is 10.4. The van der Waals surface area contributed by atoms with Crippen molar-refractivity contribution >= 4 is 15.7 Å². The van der Waals surface area contributed by atoms with E-state index in [9.17, 15) is 8.42 Å². The van der Waals surface area contributed by atoms with Crippen LogP contribution in [0.15, 0.2) is 24.3 Å². The first kappa shape index (κ1) is 13.0. The van der Waals surface area contributed by atoms with Crippen LogP contribution >= 0.6 is 0 Å². The van der Waals surface area contributed by atoms with Crippen LogP contribution in [0, 0.1) is 0 Å². The second-order valence-corrected chi connectivity index (χ2v) is 5.69. The molecule has 1 aromatic carbocycles. The second kappa shape index (κ2) is 5.32. The molecule has 0 unspecified atom stereocenters. The summed E-state index contributed by atoms with van der Waals surface area (Å²) >= 11 is 0. The number of rotatable bonds is 5. The molecule has 0 amide bonds. The zero-order chi connectivity index (χ0) is 12.2. The number of anilines is 1. The lowest BCUT2D eigenvalue weighted by Gasteiger charge is -2.12. The lowest BCUT2D eigenvalue weighted by Crippen LogP contribution is -2.32. The summed E-state index contributed by atoms with van der Waals surface area (Å²) in [7, 11) is -3.27. The van der Waals surface area contributed by atoms with Crippen LogP contribution in [0.5, 0.6) is 0 Å². The molecule has 0 aliphatic carbocycles. The number of nitrogens with two attached hydrogens (primary N) is 1. The molecule has 0 saturated carbocycles. The fourth-order valence-corrected chi connectivity index (χ4v) is 2.82. The van der Waals surface area contributed by atoms with E-state index in [0.29, 0.717) is 11.3 Å². The van der Waals surface area contributed by atoms with E-state index in [1.54, 1.807) is 24.3 Å². The summed E-state index contributed by atoms with van der Waals surface area (Å²) in [4.78, 5) is 0. The second-order valence-electron chi connectivity index (χ2n) is 3.93. The Kier molecular flexibility index (Phi) is 4.32. The Balaban J connectivity index is 2.73. The largest absolute Gasteiger partial charge is 0.399 e. The van der Waals surface area contributed by atoms with Gasteiger partial charge >= 0.3 is 0 Å². The molecule has 0 saturated heterocycles. The summed E-state index contributed by atoms with van der Waals surface area (Å²) < 4.78 is 26.1. The van der Waals surface area contributed by atoms with Crippen molar-refractivity contribution in [2.24, 2.45) is 0 Å². The van der Waals surface area contributed by atoms with Crippen LogP contribution in [0.1, 0.15) is 25.8 Å². The summed E-state index contributed by atoms with van der Waals surface area (Å²) in [5.74, 6) is -0.0254. The van der Waals surface area contributed by atoms with Crippen LogP contribution in [0.25, 0.3) is 0 Å². The van der Waals surface area contributed by atoms with Gasteiger partial charge in [-0.15, -0.1) is 0 Å². The molecular weight excluding hydrogens is 224 g/mol. The van der Waals surface area contributed by atoms with E-state index in [1.807, 2.05) is 13.8 Å². The van der Waals surface area contributed by atoms with E-state index in [2.05, 4.69) is 4.72 Å². The van der Waals surface area contributed by atoms with Crippen molar-refractivity contribution in [2.45, 2.75) is 32.1 Å². The lowest BCUT2D eigenvalue weighted by molar-refractivity contribution is 0.555. The molecule has 0 spiro atoms. The molecule has 0 bridgehead atoms. The molecule has 1 rings (SSSR count). The van der Waals surface area contributed by atoms with Gasteiger partial charge in [0.05, 0.1) is 5.75 Å². The topological polar surface area (TPSA) is 72.2 Å². The fourth-order valence-electron chi connectivity index (χ4n) is 1.33. The van der Waals surface area contributed by atoms with Gasteiger partial charge in [0.2, 0.25) is 10.0 Å². The minimum absolute atomic E-state index is 0.0254. The standard InChI is InChI=1S/C11H18N2O2S/c1-3-9(2)13-16(14,15)8-10-5-4-6-11(12)7-10/h4-7,9,13H,3,8,12H2,1-2H3/t9-/m0/s1. The van der Waals surface area contributed by atoms with Crippen LogP contribution in [-0.2, 0) is 15.8 Å². The number of benzene rings is 1. The van der Waals surface area contributed by atoms with Crippen molar-refractivity contribution in [3.05, 3.63) is 29.8 Å². The number of sulfonamides is 1. The molecule has 0 heterocycles. The van der Waals surface area contributed by atoms with Crippen LogP contribution in [0.4, 0.5) is 5.69 Å². The molecule has 1 atom stereocenters. The predicted molar refractivity (Wildman–Crippen MR) is 66.4 cm³/mol. The minimum Gasteiger partial charge on any atom is -0.399 e. The first-order chi connectivity index (χ1) is 7.43. The Bertz CT molecular complexity index is 443. The third-order valence-corrected chi connectivity index (χ3v) is 3.78. The number of nitrogens with one attached hydrogen (secondary N) is 1. The predicted octanol–water partition coefficient (Wildman–Crippen LogP) is 1.49. The average molecular weight is 242 g/mol. The maximum absolute atomic E-state index is 11.7. The van der Waals surface area contributed by atoms with Gasteiger partial charge in [0, 0.05) is 11.7 Å². The van der Waals surface area contributed by atoms with Crippen LogP contribution in [0.2, 0.25) is 0 Å². The molecule has 16 heavy (non-hydrogen) atoms. The minimum atomic E-state index is -3.27. The summed E-state index contributed by atoms with van der Waals surface area (Å²) in [5, 5.41) is 0. The monoisotopic (exact) mass is 242 g/mol. The van der Waals surface area contributed by atoms with Gasteiger partial charge in [-0.3, -0.25) is 0 Å². The molecule has 0 aliphatic heterocycles. The van der Waals surface area contributed by atoms with Gasteiger partial charge in [0.1, 0.15) is 0 Å². The third-order valence-electron chi connectivity index (χ3n) is 2.30. The van der Waals surface area contributed by atoms with Gasteiger partial charge < -0.3 is 5.73 Å². The van der Waals surface area contributed by atoms with Gasteiger partial charge in [-0.05, 0) is 31.0 Å². The van der Waals surface area contributed by atoms with Crippen molar-refractivity contribution in [2.75, 3.05) is 5.73 Å². The van der Waals surface area contributed by atoms with E-state index < -0.39 is 10.0 Å². The van der Waals surface area contributed by atoms with Crippen molar-refractivity contribution < 1.29 is 8.42 Å². The molecule has 1 aromatic rings. The van der Waals surface area contributed by atoms with Crippen LogP contribution in [0.3, 0.4) is 0 Å². The third kappa shape index (κ3) is 4.20. The molecule has 4 nitrogen and oxygen atoms in total. The van der Waals surface area contributed by atoms with Gasteiger partial charge in [-0.2, -0.15) is 0 Å². The quantitative estimate of drug-likeness (QED) is 0.768. The highest BCUT2D eigenvalue weighted by Gasteiger charge is 2.14. The molecule has 0 aliphatic rings. The van der Waals surface area contributed by atoms with Crippen LogP contribution in [-0.4, -0.2) is 14.5 Å². The number of hydrogen-bond acceptors (Lipinski definition) is 3.